The van der Waals surface area contributed by atoms with Gasteiger partial charge in [0, 0.05) is 12.6 Å². The summed E-state index contributed by atoms with van der Waals surface area (Å²) >= 11 is 11.8. The number of hydrogen-bond acceptors (Lipinski definition) is 3. The Balaban J connectivity index is 2.23. The van der Waals surface area contributed by atoms with Gasteiger partial charge in [-0.2, -0.15) is 0 Å². The Morgan fingerprint density at radius 3 is 2.17 bits per heavy atom. The van der Waals surface area contributed by atoms with Crippen LogP contribution in [0, 0.1) is 0 Å². The zero-order valence-corrected chi connectivity index (χ0v) is 15.4. The molecule has 0 aliphatic rings. The van der Waals surface area contributed by atoms with Crippen LogP contribution in [0.15, 0.2) is 47.4 Å². The highest BCUT2D eigenvalue weighted by Gasteiger charge is 2.20. The van der Waals surface area contributed by atoms with Gasteiger partial charge in [-0.05, 0) is 42.8 Å². The molecule has 5 nitrogen and oxygen atoms in total. The Labute approximate surface area is 151 Å². The summed E-state index contributed by atoms with van der Waals surface area (Å²) < 4.78 is 22.6. The first-order valence-electron chi connectivity index (χ1n) is 6.96. The Kier molecular flexibility index (Phi) is 5.55. The van der Waals surface area contributed by atoms with Gasteiger partial charge in [0.15, 0.2) is 0 Å². The lowest BCUT2D eigenvalue weighted by Gasteiger charge is -2.25. The number of halogens is 2. The first-order valence-corrected chi connectivity index (χ1v) is 9.26. The highest BCUT2D eigenvalue weighted by atomic mass is 35.5. The molecule has 0 heterocycles. The Morgan fingerprint density at radius 1 is 1.08 bits per heavy atom. The van der Waals surface area contributed by atoms with E-state index in [-0.39, 0.29) is 16.8 Å². The predicted octanol–water partition coefficient (Wildman–Crippen LogP) is 3.47. The Bertz CT molecular complexity index is 867. The number of primary sulfonamides is 1. The molecule has 1 amide bonds. The molecule has 0 radical (unpaired) electrons. The summed E-state index contributed by atoms with van der Waals surface area (Å²) in [6.45, 7) is 1.83. The molecule has 8 heteroatoms. The van der Waals surface area contributed by atoms with Gasteiger partial charge < -0.3 is 4.90 Å². The lowest BCUT2D eigenvalue weighted by atomic mass is 10.1. The van der Waals surface area contributed by atoms with E-state index in [1.807, 2.05) is 6.92 Å². The molecular formula is C16H16Cl2N2O3S. The minimum Gasteiger partial charge on any atom is -0.335 e. The normalized spacial score (nSPS) is 12.7. The van der Waals surface area contributed by atoms with Crippen LogP contribution in [0.25, 0.3) is 0 Å². The molecule has 2 rings (SSSR count). The maximum atomic E-state index is 12.6. The molecule has 1 unspecified atom stereocenters. The van der Waals surface area contributed by atoms with Crippen molar-refractivity contribution in [2.24, 2.45) is 5.14 Å². The predicted molar refractivity (Wildman–Crippen MR) is 94.8 cm³/mol. The molecule has 0 aromatic heterocycles. The van der Waals surface area contributed by atoms with E-state index in [0.717, 1.165) is 5.56 Å². The summed E-state index contributed by atoms with van der Waals surface area (Å²) in [6.07, 6.45) is 0. The number of carbonyl (C=O) groups is 1. The van der Waals surface area contributed by atoms with E-state index in [0.29, 0.717) is 15.6 Å². The van der Waals surface area contributed by atoms with Crippen LogP contribution in [0.5, 0.6) is 0 Å². The number of benzene rings is 2. The maximum absolute atomic E-state index is 12.6. The minimum atomic E-state index is -3.74. The highest BCUT2D eigenvalue weighted by molar-refractivity contribution is 7.89. The van der Waals surface area contributed by atoms with Gasteiger partial charge in [0.05, 0.1) is 21.0 Å². The van der Waals surface area contributed by atoms with E-state index >= 15 is 0 Å². The molecule has 2 aromatic carbocycles. The van der Waals surface area contributed by atoms with Gasteiger partial charge in [-0.15, -0.1) is 0 Å². The molecule has 0 saturated carbocycles. The van der Waals surface area contributed by atoms with Crippen LogP contribution in [-0.4, -0.2) is 26.3 Å². The SMILES string of the molecule is CC(c1ccc(S(N)(=O)=O)cc1)N(C)C(=O)c1ccc(Cl)c(Cl)c1. The number of rotatable bonds is 4. The molecule has 0 aliphatic carbocycles. The number of nitrogens with two attached hydrogens (primary N) is 1. The second kappa shape index (κ2) is 7.11. The van der Waals surface area contributed by atoms with E-state index in [1.165, 1.54) is 23.1 Å². The number of amides is 1. The quantitative estimate of drug-likeness (QED) is 0.872. The third-order valence-electron chi connectivity index (χ3n) is 3.76. The molecule has 0 bridgehead atoms. The molecule has 128 valence electrons. The maximum Gasteiger partial charge on any atom is 0.254 e. The van der Waals surface area contributed by atoms with Crippen LogP contribution in [0.1, 0.15) is 28.9 Å². The second-order valence-corrected chi connectivity index (χ2v) is 7.71. The topological polar surface area (TPSA) is 80.5 Å². The lowest BCUT2D eigenvalue weighted by Crippen LogP contribution is -2.29. The van der Waals surface area contributed by atoms with Crippen molar-refractivity contribution < 1.29 is 13.2 Å². The van der Waals surface area contributed by atoms with Gasteiger partial charge in [0.25, 0.3) is 5.91 Å². The molecule has 0 aliphatic heterocycles. The van der Waals surface area contributed by atoms with E-state index in [9.17, 15) is 13.2 Å². The monoisotopic (exact) mass is 386 g/mol. The van der Waals surface area contributed by atoms with Gasteiger partial charge in [0.2, 0.25) is 10.0 Å². The second-order valence-electron chi connectivity index (χ2n) is 5.33. The van der Waals surface area contributed by atoms with Crippen LogP contribution < -0.4 is 5.14 Å². The van der Waals surface area contributed by atoms with E-state index < -0.39 is 10.0 Å². The van der Waals surface area contributed by atoms with Crippen molar-refractivity contribution in [3.8, 4) is 0 Å². The number of nitrogens with zero attached hydrogens (tertiary/aromatic N) is 1. The Morgan fingerprint density at radius 2 is 1.67 bits per heavy atom. The van der Waals surface area contributed by atoms with Gasteiger partial charge in [-0.1, -0.05) is 35.3 Å². The van der Waals surface area contributed by atoms with Crippen LogP contribution in [-0.2, 0) is 10.0 Å². The summed E-state index contributed by atoms with van der Waals surface area (Å²) in [5.41, 5.74) is 1.19. The van der Waals surface area contributed by atoms with Gasteiger partial charge in [-0.25, -0.2) is 13.6 Å². The summed E-state index contributed by atoms with van der Waals surface area (Å²) in [7, 11) is -2.09. The third-order valence-corrected chi connectivity index (χ3v) is 5.43. The summed E-state index contributed by atoms with van der Waals surface area (Å²) in [5, 5.41) is 5.76. The number of carbonyl (C=O) groups excluding carboxylic acids is 1. The molecular weight excluding hydrogens is 371 g/mol. The van der Waals surface area contributed by atoms with Gasteiger partial charge >= 0.3 is 0 Å². The van der Waals surface area contributed by atoms with Gasteiger partial charge in [-0.3, -0.25) is 4.79 Å². The fraction of sp³-hybridized carbons (Fsp3) is 0.188. The molecule has 2 aromatic rings. The Hall–Kier alpha value is -1.60. The zero-order chi connectivity index (χ0) is 18.1. The molecule has 2 N–H and O–H groups in total. The highest BCUT2D eigenvalue weighted by Crippen LogP contribution is 2.26. The van der Waals surface area contributed by atoms with Crippen molar-refractivity contribution in [1.82, 2.24) is 4.90 Å². The van der Waals surface area contributed by atoms with Crippen LogP contribution in [0.3, 0.4) is 0 Å². The van der Waals surface area contributed by atoms with Crippen molar-refractivity contribution in [1.29, 1.82) is 0 Å². The van der Waals surface area contributed by atoms with Crippen molar-refractivity contribution in [2.75, 3.05) is 7.05 Å². The standard InChI is InChI=1S/C16H16Cl2N2O3S/c1-10(11-3-6-13(7-4-11)24(19,22)23)20(2)16(21)12-5-8-14(17)15(18)9-12/h3-10H,1-2H3,(H2,19,22,23). The smallest absolute Gasteiger partial charge is 0.254 e. The van der Waals surface area contributed by atoms with Gasteiger partial charge in [0.1, 0.15) is 0 Å². The molecule has 0 spiro atoms. The van der Waals surface area contributed by atoms with E-state index in [4.69, 9.17) is 28.3 Å². The zero-order valence-electron chi connectivity index (χ0n) is 13.0. The van der Waals surface area contributed by atoms with Crippen LogP contribution >= 0.6 is 23.2 Å². The van der Waals surface area contributed by atoms with Crippen molar-refractivity contribution in [3.05, 3.63) is 63.6 Å². The number of sulfonamides is 1. The molecule has 0 fully saturated rings. The van der Waals surface area contributed by atoms with Crippen LogP contribution in [0.2, 0.25) is 10.0 Å². The third kappa shape index (κ3) is 4.08. The van der Waals surface area contributed by atoms with Crippen molar-refractivity contribution >= 4 is 39.1 Å². The van der Waals surface area contributed by atoms with Crippen molar-refractivity contribution in [3.63, 3.8) is 0 Å². The summed E-state index contributed by atoms with van der Waals surface area (Å²) in [6, 6.07) is 10.5. The number of hydrogen-bond donors (Lipinski definition) is 1. The average molecular weight is 387 g/mol. The fourth-order valence-corrected chi connectivity index (χ4v) is 2.98. The van der Waals surface area contributed by atoms with Crippen molar-refractivity contribution in [2.45, 2.75) is 17.9 Å². The van der Waals surface area contributed by atoms with Crippen LogP contribution in [0.4, 0.5) is 0 Å². The first-order chi connectivity index (χ1) is 11.1. The van der Waals surface area contributed by atoms with E-state index in [1.54, 1.807) is 31.3 Å². The summed E-state index contributed by atoms with van der Waals surface area (Å²) in [4.78, 5) is 14.1. The molecule has 1 atom stereocenters. The molecule has 24 heavy (non-hydrogen) atoms. The van der Waals surface area contributed by atoms with E-state index in [2.05, 4.69) is 0 Å². The lowest BCUT2D eigenvalue weighted by molar-refractivity contribution is 0.0742. The largest absolute Gasteiger partial charge is 0.335 e. The molecule has 0 saturated heterocycles. The average Bonchev–Trinajstić information content (AvgIpc) is 2.54. The minimum absolute atomic E-state index is 0.0249. The summed E-state index contributed by atoms with van der Waals surface area (Å²) in [5.74, 6) is -0.225. The first kappa shape index (κ1) is 18.7. The fourth-order valence-electron chi connectivity index (χ4n) is 2.17.